The lowest BCUT2D eigenvalue weighted by atomic mass is 10.2. The van der Waals surface area contributed by atoms with Gasteiger partial charge in [-0.05, 0) is 12.1 Å². The summed E-state index contributed by atoms with van der Waals surface area (Å²) in [7, 11) is 0. The molecule has 0 aliphatic heterocycles. The van der Waals surface area contributed by atoms with Gasteiger partial charge >= 0.3 is 0 Å². The molecule has 0 radical (unpaired) electrons. The fourth-order valence-corrected chi connectivity index (χ4v) is 2.46. The molecule has 0 amide bonds. The highest BCUT2D eigenvalue weighted by molar-refractivity contribution is 7.11. The molecule has 1 aromatic heterocycles. The van der Waals surface area contributed by atoms with E-state index in [-0.39, 0.29) is 0 Å². The Hall–Kier alpha value is -1.19. The molecule has 16 heavy (non-hydrogen) atoms. The van der Waals surface area contributed by atoms with E-state index in [0.717, 1.165) is 19.5 Å². The van der Waals surface area contributed by atoms with Gasteiger partial charge in [-0.2, -0.15) is 0 Å². The Morgan fingerprint density at radius 2 is 2.06 bits per heavy atom. The fraction of sp³-hybridized carbons (Fsp3) is 0.308. The number of hydrogen-bond donors (Lipinski definition) is 1. The van der Waals surface area contributed by atoms with E-state index in [9.17, 15) is 0 Å². The van der Waals surface area contributed by atoms with Gasteiger partial charge in [0.25, 0.3) is 0 Å². The van der Waals surface area contributed by atoms with Crippen molar-refractivity contribution >= 4 is 11.3 Å². The van der Waals surface area contributed by atoms with Crippen LogP contribution in [0.2, 0.25) is 0 Å². The van der Waals surface area contributed by atoms with Crippen LogP contribution in [0.25, 0.3) is 0 Å². The van der Waals surface area contributed by atoms with E-state index in [0.29, 0.717) is 0 Å². The monoisotopic (exact) mass is 232 g/mol. The number of thiazole rings is 1. The SMILES string of the molecule is CCNCc1cnc(Cc2ccccc2)s1. The predicted octanol–water partition coefficient (Wildman–Crippen LogP) is 2.84. The summed E-state index contributed by atoms with van der Waals surface area (Å²) in [6, 6.07) is 10.5. The van der Waals surface area contributed by atoms with Crippen molar-refractivity contribution in [1.82, 2.24) is 10.3 Å². The number of hydrogen-bond acceptors (Lipinski definition) is 3. The van der Waals surface area contributed by atoms with E-state index >= 15 is 0 Å². The molecule has 0 aliphatic carbocycles. The first-order valence-electron chi connectivity index (χ1n) is 5.56. The summed E-state index contributed by atoms with van der Waals surface area (Å²) >= 11 is 1.79. The minimum absolute atomic E-state index is 0.933. The van der Waals surface area contributed by atoms with Gasteiger partial charge in [0.05, 0.1) is 5.01 Å². The maximum atomic E-state index is 4.44. The van der Waals surface area contributed by atoms with E-state index in [4.69, 9.17) is 0 Å². The number of nitrogens with one attached hydrogen (secondary N) is 1. The van der Waals surface area contributed by atoms with Crippen LogP contribution < -0.4 is 5.32 Å². The van der Waals surface area contributed by atoms with E-state index < -0.39 is 0 Å². The van der Waals surface area contributed by atoms with Crippen LogP contribution in [-0.2, 0) is 13.0 Å². The number of nitrogens with zero attached hydrogens (tertiary/aromatic N) is 1. The van der Waals surface area contributed by atoms with E-state index in [1.54, 1.807) is 11.3 Å². The van der Waals surface area contributed by atoms with Crippen LogP contribution in [0.5, 0.6) is 0 Å². The highest BCUT2D eigenvalue weighted by atomic mass is 32.1. The van der Waals surface area contributed by atoms with Crippen LogP contribution in [-0.4, -0.2) is 11.5 Å². The number of benzene rings is 1. The molecule has 0 fully saturated rings. The normalized spacial score (nSPS) is 10.6. The average molecular weight is 232 g/mol. The van der Waals surface area contributed by atoms with E-state index in [2.05, 4.69) is 41.5 Å². The highest BCUT2D eigenvalue weighted by Crippen LogP contribution is 2.16. The van der Waals surface area contributed by atoms with Crippen molar-refractivity contribution in [3.8, 4) is 0 Å². The lowest BCUT2D eigenvalue weighted by Gasteiger charge is -1.97. The maximum absolute atomic E-state index is 4.44. The zero-order valence-electron chi connectivity index (χ0n) is 9.44. The molecule has 2 nitrogen and oxygen atoms in total. The molecule has 0 spiro atoms. The molecule has 0 bridgehead atoms. The van der Waals surface area contributed by atoms with E-state index in [1.807, 2.05) is 12.3 Å². The Morgan fingerprint density at radius 3 is 2.81 bits per heavy atom. The average Bonchev–Trinajstić information content (AvgIpc) is 2.75. The molecule has 1 N–H and O–H groups in total. The number of rotatable bonds is 5. The molecule has 0 unspecified atom stereocenters. The highest BCUT2D eigenvalue weighted by Gasteiger charge is 2.02. The van der Waals surface area contributed by atoms with Crippen molar-refractivity contribution in [2.24, 2.45) is 0 Å². The molecule has 2 rings (SSSR count). The van der Waals surface area contributed by atoms with Gasteiger partial charge in [0.1, 0.15) is 0 Å². The third kappa shape index (κ3) is 3.15. The second-order valence-corrected chi connectivity index (χ2v) is 4.86. The van der Waals surface area contributed by atoms with Crippen LogP contribution >= 0.6 is 11.3 Å². The van der Waals surface area contributed by atoms with Gasteiger partial charge < -0.3 is 5.32 Å². The fourth-order valence-electron chi connectivity index (χ4n) is 1.53. The van der Waals surface area contributed by atoms with Gasteiger partial charge in [-0.1, -0.05) is 37.3 Å². The van der Waals surface area contributed by atoms with Crippen molar-refractivity contribution in [3.63, 3.8) is 0 Å². The molecule has 84 valence electrons. The molecule has 0 saturated heterocycles. The van der Waals surface area contributed by atoms with E-state index in [1.165, 1.54) is 15.4 Å². The Balaban J connectivity index is 1.97. The van der Waals surface area contributed by atoms with Crippen LogP contribution in [0.1, 0.15) is 22.4 Å². The maximum Gasteiger partial charge on any atom is 0.0971 e. The first-order valence-corrected chi connectivity index (χ1v) is 6.38. The second-order valence-electron chi connectivity index (χ2n) is 3.66. The first-order chi connectivity index (χ1) is 7.88. The molecule has 0 atom stereocenters. The molecular formula is C13H16N2S. The predicted molar refractivity (Wildman–Crippen MR) is 68.7 cm³/mol. The third-order valence-electron chi connectivity index (χ3n) is 2.35. The Kier molecular flexibility index (Phi) is 4.08. The van der Waals surface area contributed by atoms with Crippen LogP contribution in [0.15, 0.2) is 36.5 Å². The Morgan fingerprint density at radius 1 is 1.25 bits per heavy atom. The van der Waals surface area contributed by atoms with Crippen molar-refractivity contribution in [1.29, 1.82) is 0 Å². The smallest absolute Gasteiger partial charge is 0.0971 e. The topological polar surface area (TPSA) is 24.9 Å². The zero-order valence-corrected chi connectivity index (χ0v) is 10.3. The second kappa shape index (κ2) is 5.77. The van der Waals surface area contributed by atoms with Crippen LogP contribution in [0.3, 0.4) is 0 Å². The molecule has 1 aromatic carbocycles. The summed E-state index contributed by atoms with van der Waals surface area (Å²) in [6.45, 7) is 4.06. The third-order valence-corrected chi connectivity index (χ3v) is 3.35. The lowest BCUT2D eigenvalue weighted by Crippen LogP contribution is -2.10. The number of aromatic nitrogens is 1. The molecule has 3 heteroatoms. The standard InChI is InChI=1S/C13H16N2S/c1-2-14-9-12-10-15-13(16-12)8-11-6-4-3-5-7-11/h3-7,10,14H,2,8-9H2,1H3. The van der Waals surface area contributed by atoms with Crippen LogP contribution in [0, 0.1) is 0 Å². The zero-order chi connectivity index (χ0) is 11.2. The van der Waals surface area contributed by atoms with Gasteiger partial charge in [-0.25, -0.2) is 4.98 Å². The quantitative estimate of drug-likeness (QED) is 0.857. The molecular weight excluding hydrogens is 216 g/mol. The summed E-state index contributed by atoms with van der Waals surface area (Å²) in [6.07, 6.45) is 2.92. The summed E-state index contributed by atoms with van der Waals surface area (Å²) in [4.78, 5) is 5.76. The van der Waals surface area contributed by atoms with Gasteiger partial charge in [-0.15, -0.1) is 11.3 Å². The van der Waals surface area contributed by atoms with Gasteiger partial charge in [-0.3, -0.25) is 0 Å². The van der Waals surface area contributed by atoms with Crippen molar-refractivity contribution in [3.05, 3.63) is 52.0 Å². The molecule has 1 heterocycles. The lowest BCUT2D eigenvalue weighted by molar-refractivity contribution is 0.734. The largest absolute Gasteiger partial charge is 0.312 e. The summed E-state index contributed by atoms with van der Waals surface area (Å²) in [5.41, 5.74) is 1.33. The van der Waals surface area contributed by atoms with Gasteiger partial charge in [0.2, 0.25) is 0 Å². The van der Waals surface area contributed by atoms with Gasteiger partial charge in [0, 0.05) is 24.0 Å². The molecule has 0 saturated carbocycles. The minimum Gasteiger partial charge on any atom is -0.312 e. The van der Waals surface area contributed by atoms with Crippen molar-refractivity contribution in [2.45, 2.75) is 19.9 Å². The van der Waals surface area contributed by atoms with Crippen LogP contribution in [0.4, 0.5) is 0 Å². The Bertz CT molecular complexity index is 423. The molecule has 2 aromatic rings. The summed E-state index contributed by atoms with van der Waals surface area (Å²) in [5, 5.41) is 4.51. The van der Waals surface area contributed by atoms with Crippen molar-refractivity contribution < 1.29 is 0 Å². The minimum atomic E-state index is 0.933. The first kappa shape index (κ1) is 11.3. The Labute approximate surface area is 100 Å². The van der Waals surface area contributed by atoms with Gasteiger partial charge in [0.15, 0.2) is 0 Å². The van der Waals surface area contributed by atoms with Crippen molar-refractivity contribution in [2.75, 3.05) is 6.54 Å². The molecule has 0 aliphatic rings. The summed E-state index contributed by atoms with van der Waals surface area (Å²) < 4.78 is 0. The summed E-state index contributed by atoms with van der Waals surface area (Å²) in [5.74, 6) is 0.